The molecule has 0 aliphatic carbocycles. The zero-order chi connectivity index (χ0) is 14.4. The van der Waals surface area contributed by atoms with E-state index < -0.39 is 11.0 Å². The lowest BCUT2D eigenvalue weighted by atomic mass is 10.3. The maximum absolute atomic E-state index is 11.6. The summed E-state index contributed by atoms with van der Waals surface area (Å²) in [6, 6.07) is 3.04. The zero-order valence-corrected chi connectivity index (χ0v) is 11.2. The smallest absolute Gasteiger partial charge is 0.406 e. The molecule has 0 fully saturated rings. The van der Waals surface area contributed by atoms with E-state index in [1.54, 1.807) is 13.0 Å². The van der Waals surface area contributed by atoms with E-state index in [2.05, 4.69) is 10.3 Å². The molecule has 0 bridgehead atoms. The summed E-state index contributed by atoms with van der Waals surface area (Å²) in [4.78, 5) is 25.7. The molecular weight excluding hydrogens is 250 g/mol. The number of ether oxygens (including phenoxy) is 1. The monoisotopic (exact) mass is 267 g/mol. The van der Waals surface area contributed by atoms with Crippen molar-refractivity contribution in [3.05, 3.63) is 27.9 Å². The number of pyridine rings is 1. The molecule has 1 N–H and O–H groups in total. The summed E-state index contributed by atoms with van der Waals surface area (Å²) in [6.45, 7) is 5.66. The summed E-state index contributed by atoms with van der Waals surface area (Å²) >= 11 is 0. The Kier molecular flexibility index (Phi) is 5.23. The number of hydrogen-bond acceptors (Lipinski definition) is 5. The van der Waals surface area contributed by atoms with E-state index in [-0.39, 0.29) is 17.5 Å². The molecule has 19 heavy (non-hydrogen) atoms. The quantitative estimate of drug-likeness (QED) is 0.624. The summed E-state index contributed by atoms with van der Waals surface area (Å²) in [5.41, 5.74) is 0.516. The maximum Gasteiger partial charge on any atom is 0.406 e. The Balaban J connectivity index is 2.81. The Bertz CT molecular complexity index is 476. The fourth-order valence-electron chi connectivity index (χ4n) is 1.39. The molecule has 0 spiro atoms. The van der Waals surface area contributed by atoms with Crippen molar-refractivity contribution in [2.24, 2.45) is 0 Å². The van der Waals surface area contributed by atoms with Gasteiger partial charge in [-0.05, 0) is 35.4 Å². The van der Waals surface area contributed by atoms with Gasteiger partial charge in [-0.15, -0.1) is 0 Å². The molecule has 1 heterocycles. The highest BCUT2D eigenvalue weighted by molar-refractivity contribution is 5.80. The minimum atomic E-state index is -0.810. The Morgan fingerprint density at radius 2 is 2.26 bits per heavy atom. The van der Waals surface area contributed by atoms with Crippen LogP contribution in [0.2, 0.25) is 0 Å². The van der Waals surface area contributed by atoms with Crippen LogP contribution in [-0.2, 0) is 4.79 Å². The zero-order valence-electron chi connectivity index (χ0n) is 11.2. The second-order valence-electron chi connectivity index (χ2n) is 4.08. The molecule has 1 amide bonds. The highest BCUT2D eigenvalue weighted by Gasteiger charge is 2.22. The predicted molar refractivity (Wildman–Crippen MR) is 69.0 cm³/mol. The number of carbonyl (C=O) groups excluding carboxylic acids is 1. The molecule has 1 atom stereocenters. The van der Waals surface area contributed by atoms with Crippen molar-refractivity contribution >= 4 is 11.7 Å². The fraction of sp³-hybridized carbons (Fsp3) is 0.500. The topological polar surface area (TPSA) is 94.4 Å². The van der Waals surface area contributed by atoms with Gasteiger partial charge in [0.25, 0.3) is 5.91 Å². The first-order valence-electron chi connectivity index (χ1n) is 6.02. The lowest BCUT2D eigenvalue weighted by Crippen LogP contribution is -2.36. The van der Waals surface area contributed by atoms with Gasteiger partial charge in [0, 0.05) is 13.5 Å². The van der Waals surface area contributed by atoms with Crippen molar-refractivity contribution in [2.45, 2.75) is 33.3 Å². The third kappa shape index (κ3) is 4.20. The van der Waals surface area contributed by atoms with Crippen molar-refractivity contribution in [1.82, 2.24) is 10.3 Å². The predicted octanol–water partition coefficient (Wildman–Crippen LogP) is 1.59. The molecule has 0 saturated carbocycles. The number of nitrogens with one attached hydrogen (secondary N) is 1. The summed E-state index contributed by atoms with van der Waals surface area (Å²) in [5.74, 6) is -0.693. The highest BCUT2D eigenvalue weighted by atomic mass is 16.6. The molecule has 0 radical (unpaired) electrons. The molecule has 0 aliphatic rings. The maximum atomic E-state index is 11.6. The van der Waals surface area contributed by atoms with Crippen molar-refractivity contribution in [3.8, 4) is 5.75 Å². The number of rotatable bonds is 6. The van der Waals surface area contributed by atoms with Crippen LogP contribution in [0.25, 0.3) is 0 Å². The van der Waals surface area contributed by atoms with Gasteiger partial charge in [0.15, 0.2) is 6.10 Å². The Labute approximate surface area is 111 Å². The molecule has 1 aromatic rings. The normalized spacial score (nSPS) is 11.7. The Morgan fingerprint density at radius 3 is 2.84 bits per heavy atom. The molecule has 7 nitrogen and oxygen atoms in total. The van der Waals surface area contributed by atoms with E-state index in [1.165, 1.54) is 13.0 Å². The van der Waals surface area contributed by atoms with Crippen LogP contribution < -0.4 is 10.1 Å². The van der Waals surface area contributed by atoms with Gasteiger partial charge in [-0.25, -0.2) is 0 Å². The molecule has 104 valence electrons. The van der Waals surface area contributed by atoms with E-state index in [9.17, 15) is 14.9 Å². The van der Waals surface area contributed by atoms with E-state index in [1.807, 2.05) is 6.92 Å². The largest absolute Gasteiger partial charge is 0.473 e. The van der Waals surface area contributed by atoms with Gasteiger partial charge in [0.2, 0.25) is 5.75 Å². The Morgan fingerprint density at radius 1 is 1.58 bits per heavy atom. The Hall–Kier alpha value is -2.18. The number of carbonyl (C=O) groups is 1. The third-order valence-corrected chi connectivity index (χ3v) is 2.37. The number of aromatic nitrogens is 1. The summed E-state index contributed by atoms with van der Waals surface area (Å²) < 4.78 is 5.30. The number of nitro groups is 1. The van der Waals surface area contributed by atoms with Crippen LogP contribution in [0.1, 0.15) is 26.0 Å². The molecule has 0 aromatic carbocycles. The van der Waals surface area contributed by atoms with E-state index in [0.29, 0.717) is 12.2 Å². The molecular formula is C12H17N3O4. The standard InChI is InChI=1S/C12H17N3O4/c1-4-7-13-12(16)9(3)19-10-6-5-8(2)14-11(10)15(17)18/h5-6,9H,4,7H2,1-3H3,(H,13,16)/t9-/m1/s1. The minimum absolute atomic E-state index is 0.00486. The van der Waals surface area contributed by atoms with Crippen LogP contribution in [0, 0.1) is 17.0 Å². The lowest BCUT2D eigenvalue weighted by Gasteiger charge is -2.14. The van der Waals surface area contributed by atoms with Crippen LogP contribution in [0.3, 0.4) is 0 Å². The van der Waals surface area contributed by atoms with Crippen molar-refractivity contribution in [3.63, 3.8) is 0 Å². The fourth-order valence-corrected chi connectivity index (χ4v) is 1.39. The van der Waals surface area contributed by atoms with Gasteiger partial charge in [-0.2, -0.15) is 0 Å². The van der Waals surface area contributed by atoms with Gasteiger partial charge in [-0.1, -0.05) is 6.92 Å². The van der Waals surface area contributed by atoms with Crippen molar-refractivity contribution < 1.29 is 14.5 Å². The first kappa shape index (κ1) is 14.9. The summed E-state index contributed by atoms with van der Waals surface area (Å²) in [6.07, 6.45) is -0.000198. The average molecular weight is 267 g/mol. The number of nitrogens with zero attached hydrogens (tertiary/aromatic N) is 2. The van der Waals surface area contributed by atoms with Gasteiger partial charge < -0.3 is 20.2 Å². The van der Waals surface area contributed by atoms with Gasteiger partial charge >= 0.3 is 5.82 Å². The van der Waals surface area contributed by atoms with Crippen molar-refractivity contribution in [2.75, 3.05) is 6.54 Å². The van der Waals surface area contributed by atoms with Gasteiger partial charge in [0.1, 0.15) is 5.69 Å². The third-order valence-electron chi connectivity index (χ3n) is 2.37. The second kappa shape index (κ2) is 6.67. The van der Waals surface area contributed by atoms with E-state index in [0.717, 1.165) is 6.42 Å². The van der Waals surface area contributed by atoms with Crippen LogP contribution in [0.4, 0.5) is 5.82 Å². The van der Waals surface area contributed by atoms with Crippen LogP contribution in [0.5, 0.6) is 5.75 Å². The molecule has 0 saturated heterocycles. The summed E-state index contributed by atoms with van der Waals surface area (Å²) in [7, 11) is 0. The van der Waals surface area contributed by atoms with Crippen LogP contribution in [0.15, 0.2) is 12.1 Å². The molecule has 1 aromatic heterocycles. The number of hydrogen-bond donors (Lipinski definition) is 1. The second-order valence-corrected chi connectivity index (χ2v) is 4.08. The lowest BCUT2D eigenvalue weighted by molar-refractivity contribution is -0.390. The van der Waals surface area contributed by atoms with E-state index >= 15 is 0 Å². The number of amides is 1. The van der Waals surface area contributed by atoms with Crippen molar-refractivity contribution in [1.29, 1.82) is 0 Å². The average Bonchev–Trinajstić information content (AvgIpc) is 2.37. The molecule has 7 heteroatoms. The number of aryl methyl sites for hydroxylation is 1. The van der Waals surface area contributed by atoms with Crippen LogP contribution in [-0.4, -0.2) is 28.5 Å². The van der Waals surface area contributed by atoms with Gasteiger partial charge in [-0.3, -0.25) is 4.79 Å². The summed E-state index contributed by atoms with van der Waals surface area (Å²) in [5, 5.41) is 13.5. The van der Waals surface area contributed by atoms with Crippen LogP contribution >= 0.6 is 0 Å². The van der Waals surface area contributed by atoms with Gasteiger partial charge in [0.05, 0.1) is 0 Å². The molecule has 0 unspecified atom stereocenters. The molecule has 1 rings (SSSR count). The highest BCUT2D eigenvalue weighted by Crippen LogP contribution is 2.25. The molecule has 0 aliphatic heterocycles. The minimum Gasteiger partial charge on any atom is -0.473 e. The first-order valence-corrected chi connectivity index (χ1v) is 6.02. The van der Waals surface area contributed by atoms with E-state index in [4.69, 9.17) is 4.74 Å². The SMILES string of the molecule is CCCNC(=O)[C@@H](C)Oc1ccc(C)nc1[N+](=O)[O-]. The first-order chi connectivity index (χ1) is 8.95.